The van der Waals surface area contributed by atoms with Crippen molar-refractivity contribution < 1.29 is 9.53 Å². The summed E-state index contributed by atoms with van der Waals surface area (Å²) in [6.07, 6.45) is 0. The molecule has 3 nitrogen and oxygen atoms in total. The number of benzene rings is 2. The van der Waals surface area contributed by atoms with Gasteiger partial charge in [-0.3, -0.25) is 4.79 Å². The zero-order chi connectivity index (χ0) is 14.7. The first-order chi connectivity index (χ1) is 9.51. The van der Waals surface area contributed by atoms with Crippen LogP contribution < -0.4 is 10.1 Å². The summed E-state index contributed by atoms with van der Waals surface area (Å²) in [7, 11) is 1.62. The summed E-state index contributed by atoms with van der Waals surface area (Å²) < 4.78 is 5.93. The molecule has 0 saturated heterocycles. The van der Waals surface area contributed by atoms with E-state index in [1.54, 1.807) is 19.2 Å². The van der Waals surface area contributed by atoms with E-state index in [1.165, 1.54) is 0 Å². The Hall–Kier alpha value is -1.46. The van der Waals surface area contributed by atoms with Gasteiger partial charge in [0.25, 0.3) is 5.91 Å². The van der Waals surface area contributed by atoms with Gasteiger partial charge >= 0.3 is 0 Å². The van der Waals surface area contributed by atoms with Crippen LogP contribution in [0.4, 0.5) is 5.69 Å². The molecule has 0 aliphatic carbocycles. The molecule has 0 saturated carbocycles. The lowest BCUT2D eigenvalue weighted by atomic mass is 10.1. The highest BCUT2D eigenvalue weighted by Gasteiger charge is 2.11. The first kappa shape index (κ1) is 14.9. The van der Waals surface area contributed by atoms with Crippen LogP contribution >= 0.6 is 28.6 Å². The standard InChI is InChI=1S/C15H14BrNO2S/c1-9-7-10(3-6-14(9)19-2)17-15(18)12-8-11(20)4-5-13(12)16/h3-8,20H,1-2H3,(H,17,18). The smallest absolute Gasteiger partial charge is 0.256 e. The van der Waals surface area contributed by atoms with Gasteiger partial charge < -0.3 is 10.1 Å². The minimum Gasteiger partial charge on any atom is -0.496 e. The molecule has 0 unspecified atom stereocenters. The van der Waals surface area contributed by atoms with Crippen molar-refractivity contribution in [3.8, 4) is 5.75 Å². The molecule has 0 fully saturated rings. The SMILES string of the molecule is COc1ccc(NC(=O)c2cc(S)ccc2Br)cc1C. The van der Waals surface area contributed by atoms with Crippen LogP contribution in [0, 0.1) is 6.92 Å². The summed E-state index contributed by atoms with van der Waals surface area (Å²) in [5, 5.41) is 2.86. The second kappa shape index (κ2) is 6.33. The molecule has 2 aromatic rings. The normalized spacial score (nSPS) is 10.2. The Morgan fingerprint density at radius 1 is 1.25 bits per heavy atom. The van der Waals surface area contributed by atoms with E-state index in [0.717, 1.165) is 26.4 Å². The maximum absolute atomic E-state index is 12.2. The van der Waals surface area contributed by atoms with Gasteiger partial charge in [-0.25, -0.2) is 0 Å². The molecule has 0 atom stereocenters. The fourth-order valence-corrected chi connectivity index (χ4v) is 2.47. The number of methoxy groups -OCH3 is 1. The largest absolute Gasteiger partial charge is 0.496 e. The van der Waals surface area contributed by atoms with Crippen molar-refractivity contribution in [2.24, 2.45) is 0 Å². The van der Waals surface area contributed by atoms with Crippen molar-refractivity contribution in [2.75, 3.05) is 12.4 Å². The van der Waals surface area contributed by atoms with Crippen LogP contribution in [0.2, 0.25) is 0 Å². The van der Waals surface area contributed by atoms with Crippen molar-refractivity contribution in [3.05, 3.63) is 52.0 Å². The van der Waals surface area contributed by atoms with Crippen LogP contribution in [0.5, 0.6) is 5.75 Å². The van der Waals surface area contributed by atoms with Crippen molar-refractivity contribution in [1.82, 2.24) is 0 Å². The number of halogens is 1. The summed E-state index contributed by atoms with van der Waals surface area (Å²) in [5.41, 5.74) is 2.24. The van der Waals surface area contributed by atoms with Gasteiger partial charge in [-0.2, -0.15) is 0 Å². The van der Waals surface area contributed by atoms with E-state index < -0.39 is 0 Å². The van der Waals surface area contributed by atoms with Crippen LogP contribution in [0.1, 0.15) is 15.9 Å². The van der Waals surface area contributed by atoms with Crippen molar-refractivity contribution in [3.63, 3.8) is 0 Å². The van der Waals surface area contributed by atoms with E-state index in [9.17, 15) is 4.79 Å². The highest BCUT2D eigenvalue weighted by molar-refractivity contribution is 9.10. The summed E-state index contributed by atoms with van der Waals surface area (Å²) in [6, 6.07) is 10.9. The first-order valence-electron chi connectivity index (χ1n) is 5.96. The summed E-state index contributed by atoms with van der Waals surface area (Å²) in [6.45, 7) is 1.93. The number of rotatable bonds is 3. The number of hydrogen-bond donors (Lipinski definition) is 2. The summed E-state index contributed by atoms with van der Waals surface area (Å²) >= 11 is 7.61. The lowest BCUT2D eigenvalue weighted by Crippen LogP contribution is -2.12. The molecule has 0 heterocycles. The highest BCUT2D eigenvalue weighted by atomic mass is 79.9. The van der Waals surface area contributed by atoms with Gasteiger partial charge in [-0.05, 0) is 64.8 Å². The van der Waals surface area contributed by atoms with Gasteiger partial charge in [0, 0.05) is 15.1 Å². The first-order valence-corrected chi connectivity index (χ1v) is 7.20. The monoisotopic (exact) mass is 351 g/mol. The molecule has 0 spiro atoms. The predicted molar refractivity (Wildman–Crippen MR) is 87.1 cm³/mol. The molecule has 1 amide bonds. The number of thiol groups is 1. The fourth-order valence-electron chi connectivity index (χ4n) is 1.84. The summed E-state index contributed by atoms with van der Waals surface area (Å²) in [5.74, 6) is 0.610. The molecule has 0 aromatic heterocycles. The zero-order valence-corrected chi connectivity index (χ0v) is 13.6. The third-order valence-corrected chi connectivity index (χ3v) is 3.82. The predicted octanol–water partition coefficient (Wildman–Crippen LogP) is 4.31. The maximum atomic E-state index is 12.2. The van der Waals surface area contributed by atoms with Crippen LogP contribution in [-0.4, -0.2) is 13.0 Å². The third-order valence-electron chi connectivity index (χ3n) is 2.85. The van der Waals surface area contributed by atoms with E-state index in [1.807, 2.05) is 31.2 Å². The lowest BCUT2D eigenvalue weighted by molar-refractivity contribution is 0.102. The molecule has 2 rings (SSSR count). The molecule has 0 radical (unpaired) electrons. The average molecular weight is 352 g/mol. The number of nitrogens with one attached hydrogen (secondary N) is 1. The van der Waals surface area contributed by atoms with Gasteiger partial charge in [0.15, 0.2) is 0 Å². The van der Waals surface area contributed by atoms with E-state index in [4.69, 9.17) is 4.74 Å². The van der Waals surface area contributed by atoms with Crippen molar-refractivity contribution in [2.45, 2.75) is 11.8 Å². The van der Waals surface area contributed by atoms with Gasteiger partial charge in [-0.15, -0.1) is 12.6 Å². The van der Waals surface area contributed by atoms with E-state index in [2.05, 4.69) is 33.9 Å². The number of hydrogen-bond acceptors (Lipinski definition) is 3. The Morgan fingerprint density at radius 2 is 2.00 bits per heavy atom. The molecular weight excluding hydrogens is 338 g/mol. The Labute approximate surface area is 131 Å². The number of aryl methyl sites for hydroxylation is 1. The fraction of sp³-hybridized carbons (Fsp3) is 0.133. The molecule has 1 N–H and O–H groups in total. The topological polar surface area (TPSA) is 38.3 Å². The Morgan fingerprint density at radius 3 is 2.65 bits per heavy atom. The third kappa shape index (κ3) is 3.35. The average Bonchev–Trinajstić information content (AvgIpc) is 2.41. The van der Waals surface area contributed by atoms with Crippen LogP contribution in [0.3, 0.4) is 0 Å². The quantitative estimate of drug-likeness (QED) is 0.808. The Kier molecular flexibility index (Phi) is 4.73. The number of amides is 1. The van der Waals surface area contributed by atoms with Gasteiger partial charge in [0.2, 0.25) is 0 Å². The Bertz CT molecular complexity index is 658. The number of ether oxygens (including phenoxy) is 1. The molecule has 0 aliphatic rings. The minimum absolute atomic E-state index is 0.183. The second-order valence-electron chi connectivity index (χ2n) is 4.30. The zero-order valence-electron chi connectivity index (χ0n) is 11.1. The molecule has 104 valence electrons. The lowest BCUT2D eigenvalue weighted by Gasteiger charge is -2.10. The van der Waals surface area contributed by atoms with E-state index >= 15 is 0 Å². The molecular formula is C15H14BrNO2S. The van der Waals surface area contributed by atoms with Crippen LogP contribution in [0.25, 0.3) is 0 Å². The minimum atomic E-state index is -0.183. The van der Waals surface area contributed by atoms with Crippen LogP contribution in [-0.2, 0) is 0 Å². The number of carbonyl (C=O) groups is 1. The van der Waals surface area contributed by atoms with Gasteiger partial charge in [-0.1, -0.05) is 0 Å². The van der Waals surface area contributed by atoms with Crippen LogP contribution in [0.15, 0.2) is 45.8 Å². The summed E-state index contributed by atoms with van der Waals surface area (Å²) in [4.78, 5) is 13.0. The van der Waals surface area contributed by atoms with E-state index in [-0.39, 0.29) is 5.91 Å². The Balaban J connectivity index is 2.23. The number of anilines is 1. The molecule has 20 heavy (non-hydrogen) atoms. The second-order valence-corrected chi connectivity index (χ2v) is 5.67. The number of carbonyl (C=O) groups excluding carboxylic acids is 1. The highest BCUT2D eigenvalue weighted by Crippen LogP contribution is 2.24. The van der Waals surface area contributed by atoms with Gasteiger partial charge in [0.05, 0.1) is 12.7 Å². The molecule has 2 aromatic carbocycles. The molecule has 0 aliphatic heterocycles. The van der Waals surface area contributed by atoms with Gasteiger partial charge in [0.1, 0.15) is 5.75 Å². The van der Waals surface area contributed by atoms with Crippen molar-refractivity contribution >= 4 is 40.2 Å². The van der Waals surface area contributed by atoms with E-state index in [0.29, 0.717) is 5.56 Å². The molecule has 0 bridgehead atoms. The van der Waals surface area contributed by atoms with Crippen molar-refractivity contribution in [1.29, 1.82) is 0 Å². The molecule has 5 heteroatoms. The maximum Gasteiger partial charge on any atom is 0.256 e.